The lowest BCUT2D eigenvalue weighted by Gasteiger charge is -2.19. The fraction of sp³-hybridized carbons (Fsp3) is 0.467. The van der Waals surface area contributed by atoms with E-state index in [1.807, 2.05) is 30.5 Å². The molecule has 1 fully saturated rings. The van der Waals surface area contributed by atoms with E-state index in [1.165, 1.54) is 12.8 Å². The maximum atomic E-state index is 4.52. The van der Waals surface area contributed by atoms with Gasteiger partial charge in [0.1, 0.15) is 0 Å². The average molecular weight is 256 g/mol. The van der Waals surface area contributed by atoms with Gasteiger partial charge in [0.25, 0.3) is 0 Å². The van der Waals surface area contributed by atoms with Crippen LogP contribution in [0.25, 0.3) is 10.9 Å². The molecular formula is C15H20N4. The zero-order valence-corrected chi connectivity index (χ0v) is 11.3. The van der Waals surface area contributed by atoms with Crippen LogP contribution in [0.4, 0.5) is 5.95 Å². The molecule has 3 rings (SSSR count). The van der Waals surface area contributed by atoms with E-state index in [1.54, 1.807) is 0 Å². The van der Waals surface area contributed by atoms with Crippen LogP contribution < -0.4 is 5.32 Å². The highest BCUT2D eigenvalue weighted by molar-refractivity contribution is 5.78. The number of nitrogens with zero attached hydrogens (tertiary/aromatic N) is 3. The minimum atomic E-state index is 0.727. The molecule has 0 radical (unpaired) electrons. The SMILES string of the molecule is CCN(CCNc1ncc2ccccc2n1)C1CC1. The fourth-order valence-electron chi connectivity index (χ4n) is 2.41. The Hall–Kier alpha value is -1.68. The van der Waals surface area contributed by atoms with Crippen LogP contribution in [0.3, 0.4) is 0 Å². The van der Waals surface area contributed by atoms with Gasteiger partial charge >= 0.3 is 0 Å². The summed E-state index contributed by atoms with van der Waals surface area (Å²) in [6, 6.07) is 8.89. The first-order valence-electron chi connectivity index (χ1n) is 7.06. The molecule has 0 aliphatic heterocycles. The number of para-hydroxylation sites is 1. The van der Waals surface area contributed by atoms with Crippen LogP contribution in [-0.2, 0) is 0 Å². The Morgan fingerprint density at radius 3 is 2.95 bits per heavy atom. The smallest absolute Gasteiger partial charge is 0.223 e. The van der Waals surface area contributed by atoms with Gasteiger partial charge in [-0.25, -0.2) is 9.97 Å². The molecule has 1 aromatic carbocycles. The highest BCUT2D eigenvalue weighted by Crippen LogP contribution is 2.25. The Kier molecular flexibility index (Phi) is 3.60. The van der Waals surface area contributed by atoms with E-state index in [2.05, 4.69) is 27.1 Å². The lowest BCUT2D eigenvalue weighted by atomic mass is 10.2. The van der Waals surface area contributed by atoms with Crippen molar-refractivity contribution < 1.29 is 0 Å². The van der Waals surface area contributed by atoms with E-state index in [-0.39, 0.29) is 0 Å². The Balaban J connectivity index is 1.58. The van der Waals surface area contributed by atoms with Gasteiger partial charge in [-0.05, 0) is 25.5 Å². The van der Waals surface area contributed by atoms with Gasteiger partial charge in [0, 0.05) is 30.7 Å². The minimum absolute atomic E-state index is 0.727. The van der Waals surface area contributed by atoms with Gasteiger partial charge < -0.3 is 5.32 Å². The summed E-state index contributed by atoms with van der Waals surface area (Å²) >= 11 is 0. The van der Waals surface area contributed by atoms with Crippen LogP contribution in [0.2, 0.25) is 0 Å². The Bertz CT molecular complexity index is 551. The highest BCUT2D eigenvalue weighted by atomic mass is 15.2. The van der Waals surface area contributed by atoms with Crippen LogP contribution in [-0.4, -0.2) is 40.5 Å². The number of rotatable bonds is 6. The largest absolute Gasteiger partial charge is 0.353 e. The Labute approximate surface area is 113 Å². The molecule has 19 heavy (non-hydrogen) atoms. The van der Waals surface area contributed by atoms with Crippen LogP contribution in [0.5, 0.6) is 0 Å². The molecular weight excluding hydrogens is 236 g/mol. The zero-order chi connectivity index (χ0) is 13.1. The van der Waals surface area contributed by atoms with E-state index < -0.39 is 0 Å². The van der Waals surface area contributed by atoms with E-state index in [9.17, 15) is 0 Å². The van der Waals surface area contributed by atoms with Crippen LogP contribution in [0.1, 0.15) is 19.8 Å². The summed E-state index contributed by atoms with van der Waals surface area (Å²) in [4.78, 5) is 11.4. The second kappa shape index (κ2) is 5.53. The summed E-state index contributed by atoms with van der Waals surface area (Å²) in [7, 11) is 0. The molecule has 0 atom stereocenters. The predicted molar refractivity (Wildman–Crippen MR) is 78.3 cm³/mol. The van der Waals surface area contributed by atoms with Crippen molar-refractivity contribution in [3.05, 3.63) is 30.5 Å². The summed E-state index contributed by atoms with van der Waals surface area (Å²) in [6.45, 7) is 5.33. The number of hydrogen-bond donors (Lipinski definition) is 1. The fourth-order valence-corrected chi connectivity index (χ4v) is 2.41. The third kappa shape index (κ3) is 3.01. The first-order valence-corrected chi connectivity index (χ1v) is 7.06. The quantitative estimate of drug-likeness (QED) is 0.862. The molecule has 0 spiro atoms. The van der Waals surface area contributed by atoms with Crippen molar-refractivity contribution in [3.63, 3.8) is 0 Å². The highest BCUT2D eigenvalue weighted by Gasteiger charge is 2.27. The first-order chi connectivity index (χ1) is 9.36. The summed E-state index contributed by atoms with van der Waals surface area (Å²) < 4.78 is 0. The van der Waals surface area contributed by atoms with Crippen LogP contribution in [0.15, 0.2) is 30.5 Å². The number of hydrogen-bond acceptors (Lipinski definition) is 4. The van der Waals surface area contributed by atoms with Crippen molar-refractivity contribution >= 4 is 16.9 Å². The molecule has 1 aliphatic rings. The molecule has 1 saturated carbocycles. The molecule has 1 aromatic heterocycles. The topological polar surface area (TPSA) is 41.0 Å². The molecule has 0 saturated heterocycles. The van der Waals surface area contributed by atoms with Gasteiger partial charge in [-0.2, -0.15) is 0 Å². The van der Waals surface area contributed by atoms with Gasteiger partial charge in [0.15, 0.2) is 0 Å². The van der Waals surface area contributed by atoms with Crippen molar-refractivity contribution in [1.29, 1.82) is 0 Å². The van der Waals surface area contributed by atoms with Gasteiger partial charge in [-0.3, -0.25) is 4.90 Å². The van der Waals surface area contributed by atoms with Gasteiger partial charge in [0.05, 0.1) is 5.52 Å². The van der Waals surface area contributed by atoms with Gasteiger partial charge in [-0.15, -0.1) is 0 Å². The van der Waals surface area contributed by atoms with Crippen LogP contribution in [0, 0.1) is 0 Å². The lowest BCUT2D eigenvalue weighted by Crippen LogP contribution is -2.31. The predicted octanol–water partition coefficient (Wildman–Crippen LogP) is 2.53. The summed E-state index contributed by atoms with van der Waals surface area (Å²) in [5, 5.41) is 4.40. The summed E-state index contributed by atoms with van der Waals surface area (Å²) in [6.07, 6.45) is 4.60. The number of aromatic nitrogens is 2. The average Bonchev–Trinajstić information content (AvgIpc) is 3.28. The van der Waals surface area contributed by atoms with E-state index >= 15 is 0 Å². The van der Waals surface area contributed by atoms with Crippen molar-refractivity contribution in [1.82, 2.24) is 14.9 Å². The van der Waals surface area contributed by atoms with Crippen molar-refractivity contribution in [2.24, 2.45) is 0 Å². The standard InChI is InChI=1S/C15H20N4/c1-2-19(13-7-8-13)10-9-16-15-17-11-12-5-3-4-6-14(12)18-15/h3-6,11,13H,2,7-10H2,1H3,(H,16,17,18). The number of fused-ring (bicyclic) bond motifs is 1. The molecule has 0 bridgehead atoms. The van der Waals surface area contributed by atoms with E-state index in [0.717, 1.165) is 42.5 Å². The van der Waals surface area contributed by atoms with Gasteiger partial charge in [-0.1, -0.05) is 25.1 Å². The second-order valence-corrected chi connectivity index (χ2v) is 5.04. The molecule has 1 N–H and O–H groups in total. The molecule has 1 heterocycles. The molecule has 0 unspecified atom stereocenters. The number of anilines is 1. The number of likely N-dealkylation sites (N-methyl/N-ethyl adjacent to an activating group) is 1. The zero-order valence-electron chi connectivity index (χ0n) is 11.3. The van der Waals surface area contributed by atoms with Crippen molar-refractivity contribution in [2.45, 2.75) is 25.8 Å². The third-order valence-corrected chi connectivity index (χ3v) is 3.64. The van der Waals surface area contributed by atoms with E-state index in [0.29, 0.717) is 0 Å². The Morgan fingerprint density at radius 2 is 2.16 bits per heavy atom. The van der Waals surface area contributed by atoms with Crippen molar-refractivity contribution in [2.75, 3.05) is 25.0 Å². The molecule has 4 heteroatoms. The molecule has 0 amide bonds. The van der Waals surface area contributed by atoms with Crippen molar-refractivity contribution in [3.8, 4) is 0 Å². The third-order valence-electron chi connectivity index (χ3n) is 3.64. The second-order valence-electron chi connectivity index (χ2n) is 5.04. The number of nitrogens with one attached hydrogen (secondary N) is 1. The van der Waals surface area contributed by atoms with E-state index in [4.69, 9.17) is 0 Å². The Morgan fingerprint density at radius 1 is 1.32 bits per heavy atom. The number of benzene rings is 1. The molecule has 2 aromatic rings. The summed E-state index contributed by atoms with van der Waals surface area (Å²) in [5.41, 5.74) is 0.995. The minimum Gasteiger partial charge on any atom is -0.353 e. The normalized spacial score (nSPS) is 15.1. The summed E-state index contributed by atoms with van der Waals surface area (Å²) in [5.74, 6) is 0.727. The molecule has 4 nitrogen and oxygen atoms in total. The van der Waals surface area contributed by atoms with Crippen LogP contribution >= 0.6 is 0 Å². The van der Waals surface area contributed by atoms with Gasteiger partial charge in [0.2, 0.25) is 5.95 Å². The molecule has 100 valence electrons. The monoisotopic (exact) mass is 256 g/mol. The maximum absolute atomic E-state index is 4.52. The first kappa shape index (κ1) is 12.4. The maximum Gasteiger partial charge on any atom is 0.223 e. The molecule has 1 aliphatic carbocycles. The lowest BCUT2D eigenvalue weighted by molar-refractivity contribution is 0.289.